The summed E-state index contributed by atoms with van der Waals surface area (Å²) in [6, 6.07) is 1.55. The van der Waals surface area contributed by atoms with Crippen LogP contribution in [-0.4, -0.2) is 28.7 Å². The minimum atomic E-state index is -1.45. The van der Waals surface area contributed by atoms with E-state index in [4.69, 9.17) is 46.4 Å². The topological polar surface area (TPSA) is 66.5 Å². The Hall–Kier alpha value is -1.93. The van der Waals surface area contributed by atoms with Gasteiger partial charge in [-0.2, -0.15) is 0 Å². The Morgan fingerprint density at radius 1 is 0.929 bits per heavy atom. The van der Waals surface area contributed by atoms with Crippen LogP contribution in [0.25, 0.3) is 0 Å². The maximum Gasteiger partial charge on any atom is 0.263 e. The molecule has 2 aromatic carbocycles. The average molecular weight is 468 g/mol. The molecule has 0 fully saturated rings. The predicted octanol–water partition coefficient (Wildman–Crippen LogP) is 5.20. The molecular formula is C17H8Cl4F2N2O3. The van der Waals surface area contributed by atoms with Crippen molar-refractivity contribution in [2.45, 2.75) is 13.0 Å². The summed E-state index contributed by atoms with van der Waals surface area (Å²) < 4.78 is 27.5. The molecule has 3 amide bonds. The van der Waals surface area contributed by atoms with Crippen LogP contribution in [0.4, 0.5) is 14.5 Å². The number of para-hydroxylation sites is 1. The number of imide groups is 1. The summed E-state index contributed by atoms with van der Waals surface area (Å²) in [6.07, 6.45) is 0. The average Bonchev–Trinajstić information content (AvgIpc) is 2.91. The molecule has 3 rings (SSSR count). The molecule has 0 aliphatic carbocycles. The Labute approximate surface area is 177 Å². The van der Waals surface area contributed by atoms with E-state index in [1.54, 1.807) is 0 Å². The number of carbonyl (C=O) groups is 3. The van der Waals surface area contributed by atoms with Gasteiger partial charge in [0, 0.05) is 0 Å². The zero-order valence-electron chi connectivity index (χ0n) is 13.7. The highest BCUT2D eigenvalue weighted by atomic mass is 35.5. The minimum absolute atomic E-state index is 0.222. The van der Waals surface area contributed by atoms with Gasteiger partial charge in [0.25, 0.3) is 11.8 Å². The molecule has 1 aliphatic rings. The minimum Gasteiger partial charge on any atom is -0.319 e. The van der Waals surface area contributed by atoms with Crippen molar-refractivity contribution < 1.29 is 23.2 Å². The zero-order valence-corrected chi connectivity index (χ0v) is 16.8. The van der Waals surface area contributed by atoms with Crippen molar-refractivity contribution in [3.05, 3.63) is 61.1 Å². The summed E-state index contributed by atoms with van der Waals surface area (Å²) in [6.45, 7) is 1.20. The van der Waals surface area contributed by atoms with Gasteiger partial charge in [-0.1, -0.05) is 52.5 Å². The molecule has 28 heavy (non-hydrogen) atoms. The molecule has 0 aromatic heterocycles. The summed E-state index contributed by atoms with van der Waals surface area (Å²) in [4.78, 5) is 38.4. The quantitative estimate of drug-likeness (QED) is 0.383. The van der Waals surface area contributed by atoms with Crippen molar-refractivity contribution in [1.29, 1.82) is 0 Å². The molecule has 1 atom stereocenters. The SMILES string of the molecule is CC(C(=O)Nc1c(F)cccc1F)N1C(=O)c2c(Cl)c(Cl)c(Cl)c(Cl)c2C1=O. The first-order chi connectivity index (χ1) is 13.1. The Bertz CT molecular complexity index is 994. The zero-order chi connectivity index (χ0) is 20.9. The lowest BCUT2D eigenvalue weighted by atomic mass is 10.1. The molecule has 146 valence electrons. The first-order valence-electron chi connectivity index (χ1n) is 7.56. The third-order valence-electron chi connectivity index (χ3n) is 4.11. The fourth-order valence-electron chi connectivity index (χ4n) is 2.68. The molecule has 11 heteroatoms. The van der Waals surface area contributed by atoms with Crippen LogP contribution in [0.2, 0.25) is 20.1 Å². The van der Waals surface area contributed by atoms with Gasteiger partial charge in [-0.3, -0.25) is 19.3 Å². The number of hydrogen-bond acceptors (Lipinski definition) is 3. The van der Waals surface area contributed by atoms with Gasteiger partial charge in [0.2, 0.25) is 5.91 Å². The number of nitrogens with zero attached hydrogens (tertiary/aromatic N) is 1. The first kappa shape index (κ1) is 20.8. The summed E-state index contributed by atoms with van der Waals surface area (Å²) in [5.74, 6) is -4.94. The van der Waals surface area contributed by atoms with Crippen LogP contribution in [0.5, 0.6) is 0 Å². The van der Waals surface area contributed by atoms with Gasteiger partial charge < -0.3 is 5.32 Å². The molecule has 0 saturated carbocycles. The molecule has 1 aliphatic heterocycles. The Morgan fingerprint density at radius 2 is 1.36 bits per heavy atom. The highest BCUT2D eigenvalue weighted by molar-refractivity contribution is 6.55. The van der Waals surface area contributed by atoms with Crippen LogP contribution in [0.1, 0.15) is 27.6 Å². The first-order valence-corrected chi connectivity index (χ1v) is 9.07. The Balaban J connectivity index is 1.97. The third kappa shape index (κ3) is 3.12. The van der Waals surface area contributed by atoms with E-state index in [0.717, 1.165) is 18.2 Å². The van der Waals surface area contributed by atoms with Crippen LogP contribution < -0.4 is 5.32 Å². The highest BCUT2D eigenvalue weighted by Crippen LogP contribution is 2.45. The smallest absolute Gasteiger partial charge is 0.263 e. The number of rotatable bonds is 3. The lowest BCUT2D eigenvalue weighted by Crippen LogP contribution is -2.45. The maximum atomic E-state index is 13.7. The summed E-state index contributed by atoms with van der Waals surface area (Å²) >= 11 is 23.9. The van der Waals surface area contributed by atoms with Crippen LogP contribution in [0.15, 0.2) is 18.2 Å². The maximum absolute atomic E-state index is 13.7. The monoisotopic (exact) mass is 466 g/mol. The predicted molar refractivity (Wildman–Crippen MR) is 101 cm³/mol. The fourth-order valence-corrected chi connectivity index (χ4v) is 3.69. The van der Waals surface area contributed by atoms with Crippen LogP contribution in [0, 0.1) is 11.6 Å². The van der Waals surface area contributed by atoms with Crippen molar-refractivity contribution >= 4 is 69.8 Å². The lowest BCUT2D eigenvalue weighted by molar-refractivity contribution is -0.119. The normalized spacial score (nSPS) is 14.3. The van der Waals surface area contributed by atoms with Gasteiger partial charge in [-0.25, -0.2) is 8.78 Å². The van der Waals surface area contributed by atoms with Gasteiger partial charge in [0.15, 0.2) is 0 Å². The lowest BCUT2D eigenvalue weighted by Gasteiger charge is -2.22. The second-order valence-corrected chi connectivity index (χ2v) is 7.26. The number of halogens is 6. The Kier molecular flexibility index (Phi) is 5.55. The van der Waals surface area contributed by atoms with Crippen LogP contribution in [0.3, 0.4) is 0 Å². The van der Waals surface area contributed by atoms with E-state index in [2.05, 4.69) is 0 Å². The van der Waals surface area contributed by atoms with Crippen molar-refractivity contribution in [3.63, 3.8) is 0 Å². The molecule has 0 bridgehead atoms. The van der Waals surface area contributed by atoms with E-state index in [-0.39, 0.29) is 31.2 Å². The van der Waals surface area contributed by atoms with E-state index in [0.29, 0.717) is 4.90 Å². The summed E-state index contributed by atoms with van der Waals surface area (Å²) in [5.41, 5.74) is -1.32. The van der Waals surface area contributed by atoms with Crippen molar-refractivity contribution in [2.75, 3.05) is 5.32 Å². The van der Waals surface area contributed by atoms with Gasteiger partial charge in [0.1, 0.15) is 23.4 Å². The molecule has 0 radical (unpaired) electrons. The van der Waals surface area contributed by atoms with Crippen LogP contribution in [-0.2, 0) is 4.79 Å². The molecule has 0 saturated heterocycles. The van der Waals surface area contributed by atoms with Crippen molar-refractivity contribution in [2.24, 2.45) is 0 Å². The molecular weight excluding hydrogens is 460 g/mol. The molecule has 5 nitrogen and oxygen atoms in total. The molecule has 1 N–H and O–H groups in total. The Morgan fingerprint density at radius 3 is 1.79 bits per heavy atom. The number of hydrogen-bond donors (Lipinski definition) is 1. The number of benzene rings is 2. The highest BCUT2D eigenvalue weighted by Gasteiger charge is 2.45. The van der Waals surface area contributed by atoms with Crippen molar-refractivity contribution in [1.82, 2.24) is 4.90 Å². The van der Waals surface area contributed by atoms with Crippen molar-refractivity contribution in [3.8, 4) is 0 Å². The summed E-state index contributed by atoms with van der Waals surface area (Å²) in [5, 5.41) is 0.995. The molecule has 1 unspecified atom stereocenters. The third-order valence-corrected chi connectivity index (χ3v) is 5.91. The van der Waals surface area contributed by atoms with E-state index in [1.807, 2.05) is 5.32 Å². The van der Waals surface area contributed by atoms with Gasteiger partial charge in [-0.15, -0.1) is 0 Å². The number of amides is 3. The fraction of sp³-hybridized carbons (Fsp3) is 0.118. The number of fused-ring (bicyclic) bond motifs is 1. The second kappa shape index (κ2) is 7.48. The second-order valence-electron chi connectivity index (χ2n) is 5.75. The molecule has 1 heterocycles. The number of carbonyl (C=O) groups excluding carboxylic acids is 3. The number of anilines is 1. The molecule has 2 aromatic rings. The van der Waals surface area contributed by atoms with E-state index in [1.165, 1.54) is 6.92 Å². The largest absolute Gasteiger partial charge is 0.319 e. The number of nitrogens with one attached hydrogen (secondary N) is 1. The van der Waals surface area contributed by atoms with Crippen LogP contribution >= 0.6 is 46.4 Å². The van der Waals surface area contributed by atoms with E-state index < -0.39 is 41.1 Å². The van der Waals surface area contributed by atoms with Gasteiger partial charge in [0.05, 0.1) is 31.2 Å². The van der Waals surface area contributed by atoms with Gasteiger partial charge in [-0.05, 0) is 19.1 Å². The standard InChI is InChI=1S/C17H8Cl4F2N2O3/c1-5(15(26)24-14-6(22)3-2-4-7(14)23)25-16(27)8-9(17(25)28)11(19)13(21)12(20)10(8)18/h2-5H,1H3,(H,24,26). The summed E-state index contributed by atoms with van der Waals surface area (Å²) in [7, 11) is 0. The molecule has 0 spiro atoms. The van der Waals surface area contributed by atoms with Gasteiger partial charge >= 0.3 is 0 Å². The van der Waals surface area contributed by atoms with E-state index in [9.17, 15) is 23.2 Å². The van der Waals surface area contributed by atoms with E-state index >= 15 is 0 Å².